The molecule has 0 spiro atoms. The lowest BCUT2D eigenvalue weighted by atomic mass is 10.2. The Kier molecular flexibility index (Phi) is 5.72. The maximum atomic E-state index is 12.5. The Morgan fingerprint density at radius 3 is 2.29 bits per heavy atom. The van der Waals surface area contributed by atoms with Gasteiger partial charge in [-0.2, -0.15) is 13.2 Å². The van der Waals surface area contributed by atoms with Gasteiger partial charge in [-0.15, -0.1) is 0 Å². The van der Waals surface area contributed by atoms with Gasteiger partial charge in [0, 0.05) is 29.4 Å². The highest BCUT2D eigenvalue weighted by Crippen LogP contribution is 2.29. The number of nitrogens with one attached hydrogen (secondary N) is 2. The van der Waals surface area contributed by atoms with Crippen molar-refractivity contribution in [1.82, 2.24) is 0 Å². The second-order valence-corrected chi connectivity index (χ2v) is 5.67. The number of hydrogen-bond donors (Lipinski definition) is 2. The quantitative estimate of drug-likeness (QED) is 0.781. The normalized spacial score (nSPS) is 11.2. The number of halogens is 4. The topological polar surface area (TPSA) is 41.1 Å². The summed E-state index contributed by atoms with van der Waals surface area (Å²) in [6, 6.07) is 9.88. The number of rotatable bonds is 5. The van der Waals surface area contributed by atoms with E-state index in [1.807, 2.05) is 6.92 Å². The van der Waals surface area contributed by atoms with Crippen LogP contribution in [0.3, 0.4) is 0 Å². The summed E-state index contributed by atoms with van der Waals surface area (Å²) >= 11 is 5.98. The molecular weight excluding hydrogens is 341 g/mol. The predicted molar refractivity (Wildman–Crippen MR) is 89.4 cm³/mol. The average Bonchev–Trinajstić information content (AvgIpc) is 2.50. The van der Waals surface area contributed by atoms with Crippen molar-refractivity contribution >= 4 is 28.9 Å². The van der Waals surface area contributed by atoms with E-state index >= 15 is 0 Å². The molecule has 0 heterocycles. The van der Waals surface area contributed by atoms with Crippen LogP contribution in [-0.4, -0.2) is 12.5 Å². The second kappa shape index (κ2) is 7.57. The Morgan fingerprint density at radius 2 is 1.71 bits per heavy atom. The summed E-state index contributed by atoms with van der Waals surface area (Å²) in [6.45, 7) is 2.17. The van der Waals surface area contributed by atoms with E-state index in [1.54, 1.807) is 18.2 Å². The molecule has 0 aliphatic heterocycles. The molecule has 2 N–H and O–H groups in total. The Morgan fingerprint density at radius 1 is 1.08 bits per heavy atom. The number of amides is 1. The van der Waals surface area contributed by atoms with Crippen molar-refractivity contribution in [3.8, 4) is 0 Å². The van der Waals surface area contributed by atoms with Gasteiger partial charge in [-0.3, -0.25) is 4.79 Å². The Bertz CT molecular complexity index is 715. The zero-order valence-corrected chi connectivity index (χ0v) is 13.6. The summed E-state index contributed by atoms with van der Waals surface area (Å²) < 4.78 is 37.4. The molecule has 2 aromatic rings. The third-order valence-electron chi connectivity index (χ3n) is 3.35. The summed E-state index contributed by atoms with van der Waals surface area (Å²) in [6.07, 6.45) is -4.18. The lowest BCUT2D eigenvalue weighted by Gasteiger charge is -2.10. The standard InChI is InChI=1S/C17H16ClF3N2O/c1-11-2-5-14(10-15(11)18)23-16(24)8-9-22-13-6-3-12(4-7-13)17(19,20)21/h2-7,10,22H,8-9H2,1H3,(H,23,24). The molecule has 2 rings (SSSR count). The van der Waals surface area contributed by atoms with Gasteiger partial charge in [0.1, 0.15) is 0 Å². The zero-order chi connectivity index (χ0) is 17.7. The molecule has 0 atom stereocenters. The monoisotopic (exact) mass is 356 g/mol. The van der Waals surface area contributed by atoms with E-state index in [2.05, 4.69) is 10.6 Å². The minimum absolute atomic E-state index is 0.173. The highest BCUT2D eigenvalue weighted by molar-refractivity contribution is 6.31. The lowest BCUT2D eigenvalue weighted by molar-refractivity contribution is -0.137. The van der Waals surface area contributed by atoms with Crippen molar-refractivity contribution < 1.29 is 18.0 Å². The van der Waals surface area contributed by atoms with Crippen molar-refractivity contribution in [3.63, 3.8) is 0 Å². The predicted octanol–water partition coefficient (Wildman–Crippen LogP) is 5.11. The van der Waals surface area contributed by atoms with E-state index in [1.165, 1.54) is 12.1 Å². The van der Waals surface area contributed by atoms with Crippen LogP contribution in [0, 0.1) is 6.92 Å². The van der Waals surface area contributed by atoms with Crippen LogP contribution in [-0.2, 0) is 11.0 Å². The summed E-state index contributed by atoms with van der Waals surface area (Å²) in [7, 11) is 0. The second-order valence-electron chi connectivity index (χ2n) is 5.26. The minimum Gasteiger partial charge on any atom is -0.385 e. The molecule has 3 nitrogen and oxygen atoms in total. The van der Waals surface area contributed by atoms with Crippen LogP contribution in [0.4, 0.5) is 24.5 Å². The molecule has 0 unspecified atom stereocenters. The molecule has 0 saturated heterocycles. The van der Waals surface area contributed by atoms with E-state index in [0.29, 0.717) is 22.9 Å². The van der Waals surface area contributed by atoms with Crippen LogP contribution in [0.2, 0.25) is 5.02 Å². The highest BCUT2D eigenvalue weighted by atomic mass is 35.5. The Labute approximate surface area is 142 Å². The largest absolute Gasteiger partial charge is 0.416 e. The first-order chi connectivity index (χ1) is 11.3. The maximum Gasteiger partial charge on any atom is 0.416 e. The summed E-state index contributed by atoms with van der Waals surface area (Å²) in [5, 5.41) is 6.18. The Balaban J connectivity index is 1.81. The van der Waals surface area contributed by atoms with E-state index in [4.69, 9.17) is 11.6 Å². The van der Waals surface area contributed by atoms with E-state index in [-0.39, 0.29) is 12.3 Å². The van der Waals surface area contributed by atoms with Crippen molar-refractivity contribution in [2.45, 2.75) is 19.5 Å². The van der Waals surface area contributed by atoms with E-state index in [0.717, 1.165) is 17.7 Å². The van der Waals surface area contributed by atoms with Crippen molar-refractivity contribution in [3.05, 3.63) is 58.6 Å². The fourth-order valence-electron chi connectivity index (χ4n) is 1.99. The summed E-state index contributed by atoms with van der Waals surface area (Å²) in [5.74, 6) is -0.214. The van der Waals surface area contributed by atoms with Crippen LogP contribution in [0.15, 0.2) is 42.5 Å². The molecule has 0 radical (unpaired) electrons. The first-order valence-electron chi connectivity index (χ1n) is 7.23. The zero-order valence-electron chi connectivity index (χ0n) is 12.9. The van der Waals surface area contributed by atoms with E-state index in [9.17, 15) is 18.0 Å². The molecule has 0 bridgehead atoms. The van der Waals surface area contributed by atoms with Gasteiger partial charge < -0.3 is 10.6 Å². The average molecular weight is 357 g/mol. The number of anilines is 2. The van der Waals surface area contributed by atoms with Gasteiger partial charge in [0.25, 0.3) is 0 Å². The molecule has 1 amide bonds. The number of benzene rings is 2. The molecule has 24 heavy (non-hydrogen) atoms. The number of aryl methyl sites for hydroxylation is 1. The first-order valence-corrected chi connectivity index (χ1v) is 7.60. The number of carbonyl (C=O) groups is 1. The van der Waals surface area contributed by atoms with Gasteiger partial charge in [0.15, 0.2) is 0 Å². The summed E-state index contributed by atoms with van der Waals surface area (Å²) in [5.41, 5.74) is 1.33. The summed E-state index contributed by atoms with van der Waals surface area (Å²) in [4.78, 5) is 11.8. The fourth-order valence-corrected chi connectivity index (χ4v) is 2.17. The van der Waals surface area contributed by atoms with Crippen molar-refractivity contribution in [2.75, 3.05) is 17.2 Å². The Hall–Kier alpha value is -2.21. The lowest BCUT2D eigenvalue weighted by Crippen LogP contribution is -2.16. The molecule has 128 valence electrons. The highest BCUT2D eigenvalue weighted by Gasteiger charge is 2.29. The van der Waals surface area contributed by atoms with Gasteiger partial charge in [-0.1, -0.05) is 17.7 Å². The number of hydrogen-bond acceptors (Lipinski definition) is 2. The minimum atomic E-state index is -4.35. The maximum absolute atomic E-state index is 12.5. The number of carbonyl (C=O) groups excluding carboxylic acids is 1. The van der Waals surface area contributed by atoms with Gasteiger partial charge >= 0.3 is 6.18 Å². The van der Waals surface area contributed by atoms with Crippen LogP contribution in [0.1, 0.15) is 17.5 Å². The third kappa shape index (κ3) is 5.16. The number of alkyl halides is 3. The molecule has 0 fully saturated rings. The fraction of sp³-hybridized carbons (Fsp3) is 0.235. The SMILES string of the molecule is Cc1ccc(NC(=O)CCNc2ccc(C(F)(F)F)cc2)cc1Cl. The van der Waals surface area contributed by atoms with Crippen LogP contribution < -0.4 is 10.6 Å². The van der Waals surface area contributed by atoms with Gasteiger partial charge in [0.05, 0.1) is 5.56 Å². The van der Waals surface area contributed by atoms with Crippen molar-refractivity contribution in [1.29, 1.82) is 0 Å². The molecule has 0 aromatic heterocycles. The van der Waals surface area contributed by atoms with Crippen molar-refractivity contribution in [2.24, 2.45) is 0 Å². The van der Waals surface area contributed by atoms with Gasteiger partial charge in [0.2, 0.25) is 5.91 Å². The molecular formula is C17H16ClF3N2O. The molecule has 7 heteroatoms. The van der Waals surface area contributed by atoms with Crippen LogP contribution in [0.25, 0.3) is 0 Å². The molecule has 0 aliphatic rings. The molecule has 0 saturated carbocycles. The van der Waals surface area contributed by atoms with Crippen LogP contribution in [0.5, 0.6) is 0 Å². The molecule has 2 aromatic carbocycles. The smallest absolute Gasteiger partial charge is 0.385 e. The third-order valence-corrected chi connectivity index (χ3v) is 3.76. The first kappa shape index (κ1) is 18.1. The van der Waals surface area contributed by atoms with Gasteiger partial charge in [-0.25, -0.2) is 0 Å². The molecule has 0 aliphatic carbocycles. The van der Waals surface area contributed by atoms with Crippen LogP contribution >= 0.6 is 11.6 Å². The van der Waals surface area contributed by atoms with E-state index < -0.39 is 11.7 Å². The van der Waals surface area contributed by atoms with Gasteiger partial charge in [-0.05, 0) is 48.9 Å².